The number of fused-ring (bicyclic) bond motifs is 1. The van der Waals surface area contributed by atoms with Crippen LogP contribution >= 0.6 is 0 Å². The van der Waals surface area contributed by atoms with Gasteiger partial charge in [0.1, 0.15) is 6.26 Å². The predicted octanol–water partition coefficient (Wildman–Crippen LogP) is 2.33. The summed E-state index contributed by atoms with van der Waals surface area (Å²) in [5.41, 5.74) is 1.32. The van der Waals surface area contributed by atoms with Crippen molar-refractivity contribution in [1.29, 1.82) is 0 Å². The van der Waals surface area contributed by atoms with Gasteiger partial charge in [-0.05, 0) is 25.0 Å². The number of imidazole rings is 1. The molecule has 4 heterocycles. The minimum absolute atomic E-state index is 0.0651. The van der Waals surface area contributed by atoms with Gasteiger partial charge in [0.05, 0.1) is 23.6 Å². The van der Waals surface area contributed by atoms with Crippen LogP contribution in [0.5, 0.6) is 0 Å². The summed E-state index contributed by atoms with van der Waals surface area (Å²) in [4.78, 5) is 37.7. The van der Waals surface area contributed by atoms with Crippen LogP contribution in [0.4, 0.5) is 4.79 Å². The molecule has 0 aliphatic carbocycles. The summed E-state index contributed by atoms with van der Waals surface area (Å²) in [5.74, 6) is 0.544. The van der Waals surface area contributed by atoms with Crippen LogP contribution in [0.15, 0.2) is 47.7 Å². The topological polar surface area (TPSA) is 96.0 Å². The van der Waals surface area contributed by atoms with Crippen LogP contribution in [0.2, 0.25) is 0 Å². The van der Waals surface area contributed by atoms with Crippen molar-refractivity contribution in [3.8, 4) is 0 Å². The van der Waals surface area contributed by atoms with Crippen LogP contribution in [0, 0.1) is 0 Å². The van der Waals surface area contributed by atoms with Gasteiger partial charge in [0.2, 0.25) is 5.78 Å². The molecule has 1 atom stereocenters. The van der Waals surface area contributed by atoms with Gasteiger partial charge in [0.15, 0.2) is 0 Å². The second kappa shape index (κ2) is 8.34. The lowest BCUT2D eigenvalue weighted by Crippen LogP contribution is -2.43. The lowest BCUT2D eigenvalue weighted by molar-refractivity contribution is 0.0761. The minimum atomic E-state index is -0.198. The van der Waals surface area contributed by atoms with E-state index >= 15 is 0 Å². The van der Waals surface area contributed by atoms with Crippen LogP contribution in [0.25, 0.3) is 5.78 Å². The van der Waals surface area contributed by atoms with Gasteiger partial charge >= 0.3 is 6.03 Å². The predicted molar refractivity (Wildman–Crippen MR) is 105 cm³/mol. The van der Waals surface area contributed by atoms with E-state index in [0.717, 1.165) is 12.1 Å². The van der Waals surface area contributed by atoms with E-state index in [4.69, 9.17) is 4.42 Å². The number of carbonyl (C=O) groups excluding carboxylic acids is 2. The van der Waals surface area contributed by atoms with Gasteiger partial charge in [-0.25, -0.2) is 14.8 Å². The normalized spacial score (nSPS) is 15.9. The molecule has 1 N–H and O–H groups in total. The molecule has 0 aromatic carbocycles. The molecule has 0 bridgehead atoms. The lowest BCUT2D eigenvalue weighted by Gasteiger charge is -2.24. The molecule has 0 spiro atoms. The third kappa shape index (κ3) is 4.08. The summed E-state index contributed by atoms with van der Waals surface area (Å²) in [6, 6.07) is 3.16. The quantitative estimate of drug-likeness (QED) is 0.730. The van der Waals surface area contributed by atoms with Gasteiger partial charge in [-0.1, -0.05) is 6.92 Å². The molecule has 1 unspecified atom stereocenters. The largest absolute Gasteiger partial charge is 0.472 e. The lowest BCUT2D eigenvalue weighted by atomic mass is 10.2. The van der Waals surface area contributed by atoms with Crippen molar-refractivity contribution in [3.05, 3.63) is 54.5 Å². The second-order valence-electron chi connectivity index (χ2n) is 7.05. The van der Waals surface area contributed by atoms with Crippen molar-refractivity contribution in [2.45, 2.75) is 25.8 Å². The summed E-state index contributed by atoms with van der Waals surface area (Å²) < 4.78 is 6.85. The Bertz CT molecular complexity index is 950. The van der Waals surface area contributed by atoms with Crippen molar-refractivity contribution < 1.29 is 14.0 Å². The molecule has 9 nitrogen and oxygen atoms in total. The third-order valence-electron chi connectivity index (χ3n) is 5.16. The summed E-state index contributed by atoms with van der Waals surface area (Å²) in [6.07, 6.45) is 9.86. The van der Waals surface area contributed by atoms with Crippen LogP contribution in [-0.2, 0) is 0 Å². The molecule has 1 saturated heterocycles. The molecule has 152 valence electrons. The number of rotatable bonds is 4. The van der Waals surface area contributed by atoms with E-state index in [1.165, 1.54) is 12.5 Å². The molecule has 1 aliphatic rings. The van der Waals surface area contributed by atoms with Crippen molar-refractivity contribution in [2.75, 3.05) is 26.2 Å². The van der Waals surface area contributed by atoms with E-state index in [1.54, 1.807) is 22.1 Å². The number of hydrogen-bond acceptors (Lipinski definition) is 5. The Kier molecular flexibility index (Phi) is 5.46. The number of furan rings is 1. The Morgan fingerprint density at radius 1 is 1.24 bits per heavy atom. The van der Waals surface area contributed by atoms with E-state index in [-0.39, 0.29) is 18.0 Å². The highest BCUT2D eigenvalue weighted by molar-refractivity contribution is 5.93. The Balaban J connectivity index is 1.39. The summed E-state index contributed by atoms with van der Waals surface area (Å²) in [6.45, 7) is 4.20. The van der Waals surface area contributed by atoms with Crippen LogP contribution in [0.3, 0.4) is 0 Å². The Morgan fingerprint density at radius 3 is 2.83 bits per heavy atom. The summed E-state index contributed by atoms with van der Waals surface area (Å²) in [7, 11) is 0. The zero-order valence-corrected chi connectivity index (χ0v) is 16.3. The van der Waals surface area contributed by atoms with Crippen LogP contribution < -0.4 is 5.32 Å². The highest BCUT2D eigenvalue weighted by Gasteiger charge is 2.25. The van der Waals surface area contributed by atoms with E-state index in [0.29, 0.717) is 43.9 Å². The number of carbonyl (C=O) groups is 2. The highest BCUT2D eigenvalue weighted by Crippen LogP contribution is 2.17. The highest BCUT2D eigenvalue weighted by atomic mass is 16.3. The maximum Gasteiger partial charge on any atom is 0.317 e. The minimum Gasteiger partial charge on any atom is -0.472 e. The van der Waals surface area contributed by atoms with Crippen molar-refractivity contribution >= 4 is 17.7 Å². The molecule has 3 amide bonds. The van der Waals surface area contributed by atoms with Gasteiger partial charge in [0, 0.05) is 44.8 Å². The fourth-order valence-electron chi connectivity index (χ4n) is 3.53. The van der Waals surface area contributed by atoms with Crippen LogP contribution in [-0.4, -0.2) is 62.3 Å². The zero-order valence-electron chi connectivity index (χ0n) is 16.3. The SMILES string of the molecule is CCC(NC(=O)N1CCCN(C(=O)c2ccoc2)CC1)c1cn2cccnc2n1. The fourth-order valence-corrected chi connectivity index (χ4v) is 3.53. The first kappa shape index (κ1) is 19.0. The number of nitrogens with zero attached hydrogens (tertiary/aromatic N) is 5. The standard InChI is InChI=1S/C20H24N6O3/c1-2-16(17-13-26-7-3-6-21-19(26)22-17)23-20(28)25-9-4-8-24(10-11-25)18(27)15-5-12-29-14-15/h3,5-7,12-14,16H,2,4,8-11H2,1H3,(H,23,28). The molecule has 0 radical (unpaired) electrons. The fraction of sp³-hybridized carbons (Fsp3) is 0.400. The van der Waals surface area contributed by atoms with E-state index in [1.807, 2.05) is 29.8 Å². The van der Waals surface area contributed by atoms with E-state index in [9.17, 15) is 9.59 Å². The average molecular weight is 396 g/mol. The van der Waals surface area contributed by atoms with Crippen LogP contribution in [0.1, 0.15) is 41.9 Å². The van der Waals surface area contributed by atoms with Crippen molar-refractivity contribution in [2.24, 2.45) is 0 Å². The van der Waals surface area contributed by atoms with Gasteiger partial charge in [-0.3, -0.25) is 9.20 Å². The molecular weight excluding hydrogens is 372 g/mol. The zero-order chi connectivity index (χ0) is 20.2. The number of urea groups is 1. The summed E-state index contributed by atoms with van der Waals surface area (Å²) in [5, 5.41) is 3.08. The second-order valence-corrected chi connectivity index (χ2v) is 7.05. The molecule has 1 aliphatic heterocycles. The smallest absolute Gasteiger partial charge is 0.317 e. The maximum absolute atomic E-state index is 12.9. The molecule has 4 rings (SSSR count). The monoisotopic (exact) mass is 396 g/mol. The Morgan fingerprint density at radius 2 is 2.07 bits per heavy atom. The first-order chi connectivity index (χ1) is 14.2. The van der Waals surface area contributed by atoms with Gasteiger partial charge in [-0.15, -0.1) is 0 Å². The molecule has 3 aromatic heterocycles. The molecule has 9 heteroatoms. The van der Waals surface area contributed by atoms with Gasteiger partial charge in [0.25, 0.3) is 5.91 Å². The number of amides is 3. The summed E-state index contributed by atoms with van der Waals surface area (Å²) >= 11 is 0. The van der Waals surface area contributed by atoms with Gasteiger partial charge < -0.3 is 19.5 Å². The molecule has 3 aromatic rings. The molecular formula is C20H24N6O3. The average Bonchev–Trinajstić information content (AvgIpc) is 3.36. The first-order valence-corrected chi connectivity index (χ1v) is 9.82. The first-order valence-electron chi connectivity index (χ1n) is 9.82. The number of hydrogen-bond donors (Lipinski definition) is 1. The molecule has 0 saturated carbocycles. The number of nitrogens with one attached hydrogen (secondary N) is 1. The Hall–Kier alpha value is -3.36. The third-order valence-corrected chi connectivity index (χ3v) is 5.16. The van der Waals surface area contributed by atoms with E-state index in [2.05, 4.69) is 15.3 Å². The molecule has 29 heavy (non-hydrogen) atoms. The Labute approximate surface area is 168 Å². The van der Waals surface area contributed by atoms with Gasteiger partial charge in [-0.2, -0.15) is 0 Å². The molecule has 1 fully saturated rings. The van der Waals surface area contributed by atoms with Crippen molar-refractivity contribution in [3.63, 3.8) is 0 Å². The number of aromatic nitrogens is 3. The van der Waals surface area contributed by atoms with Crippen molar-refractivity contribution in [1.82, 2.24) is 29.5 Å². The van der Waals surface area contributed by atoms with E-state index < -0.39 is 0 Å². The maximum atomic E-state index is 12.9.